The van der Waals surface area contributed by atoms with Crippen molar-refractivity contribution in [3.8, 4) is 0 Å². The molecule has 0 unspecified atom stereocenters. The molecule has 106 valence electrons. The van der Waals surface area contributed by atoms with Crippen molar-refractivity contribution in [2.75, 3.05) is 25.5 Å². The van der Waals surface area contributed by atoms with Gasteiger partial charge in [-0.1, -0.05) is 0 Å². The van der Waals surface area contributed by atoms with E-state index in [4.69, 9.17) is 10.5 Å². The molecule has 0 amide bonds. The van der Waals surface area contributed by atoms with Crippen LogP contribution in [0.15, 0.2) is 17.0 Å². The van der Waals surface area contributed by atoms with Gasteiger partial charge in [-0.3, -0.25) is 0 Å². The minimum absolute atomic E-state index is 0.219. The van der Waals surface area contributed by atoms with Gasteiger partial charge in [0.15, 0.2) is 0 Å². The molecule has 7 heteroatoms. The molecule has 5 nitrogen and oxygen atoms in total. The molecule has 2 rings (SSSR count). The second kappa shape index (κ2) is 5.07. The Balaban J connectivity index is 2.47. The third kappa shape index (κ3) is 2.58. The van der Waals surface area contributed by atoms with E-state index in [1.807, 2.05) is 0 Å². The van der Waals surface area contributed by atoms with Crippen LogP contribution >= 0.6 is 0 Å². The Bertz CT molecular complexity index is 589. The zero-order valence-corrected chi connectivity index (χ0v) is 11.7. The van der Waals surface area contributed by atoms with E-state index < -0.39 is 15.8 Å². The maximum absolute atomic E-state index is 13.9. The maximum Gasteiger partial charge on any atom is 0.246 e. The maximum atomic E-state index is 13.9. The number of aryl methyl sites for hydroxylation is 1. The van der Waals surface area contributed by atoms with Gasteiger partial charge in [-0.05, 0) is 31.5 Å². The molecule has 1 aromatic carbocycles. The first-order chi connectivity index (χ1) is 8.84. The molecule has 0 aliphatic carbocycles. The molecule has 1 saturated heterocycles. The smallest absolute Gasteiger partial charge is 0.246 e. The number of hydrogen-bond donors (Lipinski definition) is 1. The third-order valence-electron chi connectivity index (χ3n) is 3.21. The molecule has 1 fully saturated rings. The van der Waals surface area contributed by atoms with Gasteiger partial charge in [0.1, 0.15) is 10.7 Å². The molecule has 0 aromatic heterocycles. The summed E-state index contributed by atoms with van der Waals surface area (Å²) in [4.78, 5) is -0.371. The quantitative estimate of drug-likeness (QED) is 0.828. The van der Waals surface area contributed by atoms with Gasteiger partial charge in [-0.2, -0.15) is 4.31 Å². The Morgan fingerprint density at radius 2 is 2.16 bits per heavy atom. The number of morpholine rings is 1. The summed E-state index contributed by atoms with van der Waals surface area (Å²) in [6.45, 7) is 4.20. The van der Waals surface area contributed by atoms with E-state index >= 15 is 0 Å². The van der Waals surface area contributed by atoms with E-state index in [-0.39, 0.29) is 23.2 Å². The molecule has 1 aliphatic heterocycles. The predicted octanol–water partition coefficient (Wildman–Crippen LogP) is 1.13. The van der Waals surface area contributed by atoms with Crippen molar-refractivity contribution in [1.29, 1.82) is 0 Å². The predicted molar refractivity (Wildman–Crippen MR) is 69.7 cm³/mol. The summed E-state index contributed by atoms with van der Waals surface area (Å²) in [5.74, 6) is -0.773. The Morgan fingerprint density at radius 3 is 2.79 bits per heavy atom. The number of ether oxygens (including phenoxy) is 1. The standard InChI is InChI=1S/C12H17FN2O3S/c1-8-5-10(13)12(6-11(8)14)19(16,17)15-3-4-18-7-9(15)2/h5-6,9H,3-4,7,14H2,1-2H3/t9-/m1/s1. The fraction of sp³-hybridized carbons (Fsp3) is 0.500. The first-order valence-electron chi connectivity index (χ1n) is 5.99. The van der Waals surface area contributed by atoms with E-state index in [2.05, 4.69) is 0 Å². The topological polar surface area (TPSA) is 72.6 Å². The Kier molecular flexibility index (Phi) is 3.80. The van der Waals surface area contributed by atoms with Crippen LogP contribution in [-0.4, -0.2) is 38.5 Å². The van der Waals surface area contributed by atoms with Crippen LogP contribution in [0.2, 0.25) is 0 Å². The van der Waals surface area contributed by atoms with Crippen LogP contribution < -0.4 is 5.73 Å². The van der Waals surface area contributed by atoms with Gasteiger partial charge in [0.25, 0.3) is 0 Å². The first-order valence-corrected chi connectivity index (χ1v) is 7.43. The van der Waals surface area contributed by atoms with Gasteiger partial charge >= 0.3 is 0 Å². The molecule has 1 aliphatic rings. The average Bonchev–Trinajstić information content (AvgIpc) is 2.34. The number of nitrogen functional groups attached to an aromatic ring is 1. The lowest BCUT2D eigenvalue weighted by Crippen LogP contribution is -2.47. The summed E-state index contributed by atoms with van der Waals surface area (Å²) in [5, 5.41) is 0. The van der Waals surface area contributed by atoms with Gasteiger partial charge in [-0.25, -0.2) is 12.8 Å². The second-order valence-corrected chi connectivity index (χ2v) is 6.54. The molecule has 1 heterocycles. The van der Waals surface area contributed by atoms with Crippen LogP contribution in [0.4, 0.5) is 10.1 Å². The van der Waals surface area contributed by atoms with E-state index in [1.54, 1.807) is 13.8 Å². The van der Waals surface area contributed by atoms with Crippen molar-refractivity contribution in [2.24, 2.45) is 0 Å². The number of hydrogen-bond acceptors (Lipinski definition) is 4. The number of halogens is 1. The summed E-state index contributed by atoms with van der Waals surface area (Å²) in [6.07, 6.45) is 0. The van der Waals surface area contributed by atoms with Gasteiger partial charge in [-0.15, -0.1) is 0 Å². The Hall–Kier alpha value is -1.18. The van der Waals surface area contributed by atoms with Crippen LogP contribution in [0, 0.1) is 12.7 Å². The van der Waals surface area contributed by atoms with E-state index in [0.29, 0.717) is 18.8 Å². The van der Waals surface area contributed by atoms with Gasteiger partial charge in [0.2, 0.25) is 10.0 Å². The van der Waals surface area contributed by atoms with Crippen LogP contribution in [0.25, 0.3) is 0 Å². The highest BCUT2D eigenvalue weighted by Crippen LogP contribution is 2.26. The number of nitrogens with two attached hydrogens (primary N) is 1. The third-order valence-corrected chi connectivity index (χ3v) is 5.24. The summed E-state index contributed by atoms with van der Waals surface area (Å²) in [7, 11) is -3.88. The normalized spacial score (nSPS) is 21.5. The number of benzene rings is 1. The highest BCUT2D eigenvalue weighted by Gasteiger charge is 2.33. The zero-order valence-electron chi connectivity index (χ0n) is 10.9. The number of sulfonamides is 1. The van der Waals surface area contributed by atoms with E-state index in [1.165, 1.54) is 10.4 Å². The molecule has 0 spiro atoms. The van der Waals surface area contributed by atoms with Crippen molar-refractivity contribution in [3.63, 3.8) is 0 Å². The van der Waals surface area contributed by atoms with Gasteiger partial charge in [0, 0.05) is 18.3 Å². The van der Waals surface area contributed by atoms with Crippen LogP contribution in [0.5, 0.6) is 0 Å². The highest BCUT2D eigenvalue weighted by molar-refractivity contribution is 7.89. The molecule has 19 heavy (non-hydrogen) atoms. The van der Waals surface area contributed by atoms with Gasteiger partial charge in [0.05, 0.1) is 13.2 Å². The van der Waals surface area contributed by atoms with Crippen molar-refractivity contribution in [2.45, 2.75) is 24.8 Å². The first kappa shape index (κ1) is 14.2. The lowest BCUT2D eigenvalue weighted by Gasteiger charge is -2.32. The molecule has 0 bridgehead atoms. The summed E-state index contributed by atoms with van der Waals surface area (Å²) in [6, 6.07) is 2.01. The van der Waals surface area contributed by atoms with E-state index in [9.17, 15) is 12.8 Å². The molecule has 0 saturated carbocycles. The van der Waals surface area contributed by atoms with Crippen molar-refractivity contribution < 1.29 is 17.5 Å². The molecular weight excluding hydrogens is 271 g/mol. The van der Waals surface area contributed by atoms with E-state index in [0.717, 1.165) is 6.07 Å². The molecular formula is C12H17FN2O3S. The second-order valence-electron chi connectivity index (χ2n) is 4.68. The molecule has 2 N–H and O–H groups in total. The van der Waals surface area contributed by atoms with Crippen LogP contribution in [0.3, 0.4) is 0 Å². The average molecular weight is 288 g/mol. The molecule has 1 atom stereocenters. The SMILES string of the molecule is Cc1cc(F)c(S(=O)(=O)N2CCOC[C@H]2C)cc1N. The minimum Gasteiger partial charge on any atom is -0.398 e. The fourth-order valence-corrected chi connectivity index (χ4v) is 3.75. The van der Waals surface area contributed by atoms with Crippen LogP contribution in [-0.2, 0) is 14.8 Å². The van der Waals surface area contributed by atoms with Crippen molar-refractivity contribution in [3.05, 3.63) is 23.5 Å². The Morgan fingerprint density at radius 1 is 1.47 bits per heavy atom. The summed E-state index contributed by atoms with van der Waals surface area (Å²) < 4.78 is 45.3. The summed E-state index contributed by atoms with van der Waals surface area (Å²) >= 11 is 0. The number of anilines is 1. The van der Waals surface area contributed by atoms with Crippen molar-refractivity contribution in [1.82, 2.24) is 4.31 Å². The lowest BCUT2D eigenvalue weighted by atomic mass is 10.2. The monoisotopic (exact) mass is 288 g/mol. The molecule has 0 radical (unpaired) electrons. The minimum atomic E-state index is -3.88. The largest absolute Gasteiger partial charge is 0.398 e. The Labute approximate surface area is 112 Å². The fourth-order valence-electron chi connectivity index (χ4n) is 2.06. The molecule has 1 aromatic rings. The van der Waals surface area contributed by atoms with Gasteiger partial charge < -0.3 is 10.5 Å². The van der Waals surface area contributed by atoms with Crippen LogP contribution in [0.1, 0.15) is 12.5 Å². The van der Waals surface area contributed by atoms with Crippen molar-refractivity contribution >= 4 is 15.7 Å². The number of rotatable bonds is 2. The highest BCUT2D eigenvalue weighted by atomic mass is 32.2. The summed E-state index contributed by atoms with van der Waals surface area (Å²) in [5.41, 5.74) is 6.46. The number of nitrogens with zero attached hydrogens (tertiary/aromatic N) is 1. The zero-order chi connectivity index (χ0) is 14.2. The lowest BCUT2D eigenvalue weighted by molar-refractivity contribution is 0.0392.